The van der Waals surface area contributed by atoms with Crippen LogP contribution in [0.1, 0.15) is 25.7 Å². The number of hydrogen-bond acceptors (Lipinski definition) is 5. The maximum Gasteiger partial charge on any atom is 0.246 e. The molecule has 2 aliphatic rings. The molecule has 0 N–H and O–H groups in total. The number of likely N-dealkylation sites (tertiary alicyclic amines) is 1. The Labute approximate surface area is 154 Å². The van der Waals surface area contributed by atoms with Crippen molar-refractivity contribution in [3.05, 3.63) is 18.2 Å². The van der Waals surface area contributed by atoms with Gasteiger partial charge < -0.3 is 14.4 Å². The van der Waals surface area contributed by atoms with Gasteiger partial charge in [0.05, 0.1) is 20.1 Å². The lowest BCUT2D eigenvalue weighted by Crippen LogP contribution is -2.46. The van der Waals surface area contributed by atoms with Crippen LogP contribution in [0.25, 0.3) is 0 Å². The molecule has 1 aromatic rings. The molecule has 2 heterocycles. The fraction of sp³-hybridized carbons (Fsp3) is 0.611. The molecule has 0 bridgehead atoms. The zero-order valence-corrected chi connectivity index (χ0v) is 16.1. The van der Waals surface area contributed by atoms with E-state index in [9.17, 15) is 13.2 Å². The Kier molecular flexibility index (Phi) is 5.72. The molecule has 0 aliphatic carbocycles. The van der Waals surface area contributed by atoms with E-state index in [-0.39, 0.29) is 29.0 Å². The van der Waals surface area contributed by atoms with E-state index in [2.05, 4.69) is 0 Å². The first kappa shape index (κ1) is 19.0. The summed E-state index contributed by atoms with van der Waals surface area (Å²) in [6, 6.07) is 4.72. The second-order valence-corrected chi connectivity index (χ2v) is 8.66. The van der Waals surface area contributed by atoms with Crippen LogP contribution in [-0.2, 0) is 14.8 Å². The SMILES string of the molecule is COc1ccc(OC)c(S(=O)(=O)N2CCC[C@H](C(=O)N3CCCC3)C2)c1. The topological polar surface area (TPSA) is 76.1 Å². The highest BCUT2D eigenvalue weighted by Crippen LogP contribution is 2.33. The zero-order valence-electron chi connectivity index (χ0n) is 15.3. The molecule has 1 aromatic carbocycles. The number of rotatable bonds is 5. The predicted octanol–water partition coefficient (Wildman–Crippen LogP) is 1.73. The number of amides is 1. The van der Waals surface area contributed by atoms with E-state index in [0.717, 1.165) is 32.4 Å². The smallest absolute Gasteiger partial charge is 0.246 e. The van der Waals surface area contributed by atoms with Crippen molar-refractivity contribution in [1.29, 1.82) is 0 Å². The van der Waals surface area contributed by atoms with Gasteiger partial charge in [-0.25, -0.2) is 8.42 Å². The Morgan fingerprint density at radius 1 is 1.08 bits per heavy atom. The molecule has 1 amide bonds. The second kappa shape index (κ2) is 7.84. The summed E-state index contributed by atoms with van der Waals surface area (Å²) in [5.74, 6) is 0.540. The highest BCUT2D eigenvalue weighted by molar-refractivity contribution is 7.89. The van der Waals surface area contributed by atoms with Crippen molar-refractivity contribution in [2.45, 2.75) is 30.6 Å². The van der Waals surface area contributed by atoms with Crippen LogP contribution in [0.2, 0.25) is 0 Å². The van der Waals surface area contributed by atoms with E-state index in [0.29, 0.717) is 18.7 Å². The van der Waals surface area contributed by atoms with Crippen LogP contribution in [-0.4, -0.2) is 63.9 Å². The van der Waals surface area contributed by atoms with Crippen molar-refractivity contribution in [3.8, 4) is 11.5 Å². The van der Waals surface area contributed by atoms with Gasteiger partial charge in [0.2, 0.25) is 15.9 Å². The average Bonchev–Trinajstić information content (AvgIpc) is 3.21. The van der Waals surface area contributed by atoms with Crippen molar-refractivity contribution < 1.29 is 22.7 Å². The number of hydrogen-bond donors (Lipinski definition) is 0. The number of sulfonamides is 1. The average molecular weight is 382 g/mol. The van der Waals surface area contributed by atoms with Gasteiger partial charge in [0, 0.05) is 32.2 Å². The van der Waals surface area contributed by atoms with Gasteiger partial charge in [-0.2, -0.15) is 4.31 Å². The lowest BCUT2D eigenvalue weighted by Gasteiger charge is -2.33. The summed E-state index contributed by atoms with van der Waals surface area (Å²) in [5, 5.41) is 0. The molecule has 0 unspecified atom stereocenters. The van der Waals surface area contributed by atoms with Crippen LogP contribution >= 0.6 is 0 Å². The minimum absolute atomic E-state index is 0.0774. The third-order valence-corrected chi connectivity index (χ3v) is 7.03. The normalized spacial score (nSPS) is 21.6. The van der Waals surface area contributed by atoms with Crippen LogP contribution in [0.3, 0.4) is 0 Å². The van der Waals surface area contributed by atoms with Gasteiger partial charge in [0.25, 0.3) is 0 Å². The maximum atomic E-state index is 13.2. The summed E-state index contributed by atoms with van der Waals surface area (Å²) in [5.41, 5.74) is 0. The molecule has 7 nitrogen and oxygen atoms in total. The predicted molar refractivity (Wildman–Crippen MR) is 96.8 cm³/mol. The molecule has 3 rings (SSSR count). The summed E-state index contributed by atoms with van der Waals surface area (Å²) in [6.07, 6.45) is 3.47. The minimum atomic E-state index is -3.77. The van der Waals surface area contributed by atoms with E-state index in [1.807, 2.05) is 4.90 Å². The minimum Gasteiger partial charge on any atom is -0.497 e. The fourth-order valence-corrected chi connectivity index (χ4v) is 5.38. The molecule has 8 heteroatoms. The molecule has 2 saturated heterocycles. The standard InChI is InChI=1S/C18H26N2O5S/c1-24-15-7-8-16(25-2)17(12-15)26(22,23)20-11-5-6-14(13-20)18(21)19-9-3-4-10-19/h7-8,12,14H,3-6,9-11,13H2,1-2H3/t14-/m0/s1. The van der Waals surface area contributed by atoms with Crippen LogP contribution in [0.15, 0.2) is 23.1 Å². The van der Waals surface area contributed by atoms with Gasteiger partial charge in [-0.1, -0.05) is 0 Å². The zero-order chi connectivity index (χ0) is 18.7. The molecule has 26 heavy (non-hydrogen) atoms. The van der Waals surface area contributed by atoms with Crippen molar-refractivity contribution in [2.24, 2.45) is 5.92 Å². The molecule has 2 fully saturated rings. The summed E-state index contributed by atoms with van der Waals surface area (Å²) in [4.78, 5) is 14.6. The molecule has 0 radical (unpaired) electrons. The summed E-state index contributed by atoms with van der Waals surface area (Å²) in [7, 11) is -0.839. The Hall–Kier alpha value is -1.80. The molecular formula is C18H26N2O5S. The monoisotopic (exact) mass is 382 g/mol. The largest absolute Gasteiger partial charge is 0.497 e. The lowest BCUT2D eigenvalue weighted by molar-refractivity contribution is -0.135. The molecule has 1 atom stereocenters. The van der Waals surface area contributed by atoms with Crippen LogP contribution in [0.4, 0.5) is 0 Å². The van der Waals surface area contributed by atoms with E-state index >= 15 is 0 Å². The molecule has 0 saturated carbocycles. The molecule has 0 spiro atoms. The van der Waals surface area contributed by atoms with E-state index < -0.39 is 10.0 Å². The summed E-state index contributed by atoms with van der Waals surface area (Å²) < 4.78 is 38.2. The summed E-state index contributed by atoms with van der Waals surface area (Å²) >= 11 is 0. The van der Waals surface area contributed by atoms with Crippen molar-refractivity contribution >= 4 is 15.9 Å². The maximum absolute atomic E-state index is 13.2. The van der Waals surface area contributed by atoms with E-state index in [1.165, 1.54) is 24.6 Å². The third-order valence-electron chi connectivity index (χ3n) is 5.14. The van der Waals surface area contributed by atoms with Crippen molar-refractivity contribution in [2.75, 3.05) is 40.4 Å². The molecule has 144 valence electrons. The van der Waals surface area contributed by atoms with Gasteiger partial charge in [-0.05, 0) is 37.8 Å². The van der Waals surface area contributed by atoms with Crippen LogP contribution < -0.4 is 9.47 Å². The first-order valence-corrected chi connectivity index (χ1v) is 10.4. The van der Waals surface area contributed by atoms with Gasteiger partial charge in [0.1, 0.15) is 16.4 Å². The number of ether oxygens (including phenoxy) is 2. The number of carbonyl (C=O) groups excluding carboxylic acids is 1. The van der Waals surface area contributed by atoms with E-state index in [4.69, 9.17) is 9.47 Å². The molecule has 2 aliphatic heterocycles. The second-order valence-electron chi connectivity index (χ2n) is 6.75. The van der Waals surface area contributed by atoms with Gasteiger partial charge in [0.15, 0.2) is 0 Å². The van der Waals surface area contributed by atoms with Gasteiger partial charge >= 0.3 is 0 Å². The fourth-order valence-electron chi connectivity index (χ4n) is 3.68. The van der Waals surface area contributed by atoms with Crippen molar-refractivity contribution in [3.63, 3.8) is 0 Å². The number of carbonyl (C=O) groups is 1. The number of nitrogens with zero attached hydrogens (tertiary/aromatic N) is 2. The Bertz CT molecular complexity index is 759. The highest BCUT2D eigenvalue weighted by atomic mass is 32.2. The van der Waals surface area contributed by atoms with Gasteiger partial charge in [-0.3, -0.25) is 4.79 Å². The Morgan fingerprint density at radius 3 is 2.46 bits per heavy atom. The molecular weight excluding hydrogens is 356 g/mol. The van der Waals surface area contributed by atoms with Crippen LogP contribution in [0, 0.1) is 5.92 Å². The quantitative estimate of drug-likeness (QED) is 0.775. The molecule has 0 aromatic heterocycles. The summed E-state index contributed by atoms with van der Waals surface area (Å²) in [6.45, 7) is 2.20. The van der Waals surface area contributed by atoms with Crippen LogP contribution in [0.5, 0.6) is 11.5 Å². The number of piperidine rings is 1. The first-order valence-electron chi connectivity index (χ1n) is 8.98. The van der Waals surface area contributed by atoms with Gasteiger partial charge in [-0.15, -0.1) is 0 Å². The first-order chi connectivity index (χ1) is 12.5. The Morgan fingerprint density at radius 2 is 1.81 bits per heavy atom. The number of methoxy groups -OCH3 is 2. The lowest BCUT2D eigenvalue weighted by atomic mass is 9.98. The van der Waals surface area contributed by atoms with E-state index in [1.54, 1.807) is 12.1 Å². The van der Waals surface area contributed by atoms with Crippen molar-refractivity contribution in [1.82, 2.24) is 9.21 Å². The highest BCUT2D eigenvalue weighted by Gasteiger charge is 2.36. The third kappa shape index (κ3) is 3.66. The number of benzene rings is 1. The Balaban J connectivity index is 1.84.